The van der Waals surface area contributed by atoms with Crippen LogP contribution in [0.4, 0.5) is 0 Å². The van der Waals surface area contributed by atoms with Crippen LogP contribution in [0.5, 0.6) is 0 Å². The Bertz CT molecular complexity index is 303. The van der Waals surface area contributed by atoms with Crippen molar-refractivity contribution in [2.75, 3.05) is 0 Å². The molecule has 2 aliphatic rings. The zero-order valence-corrected chi connectivity index (χ0v) is 7.93. The molecule has 2 unspecified atom stereocenters. The van der Waals surface area contributed by atoms with Crippen LogP contribution < -0.4 is 5.73 Å². The van der Waals surface area contributed by atoms with E-state index in [4.69, 9.17) is 5.73 Å². The first kappa shape index (κ1) is 7.86. The molecule has 3 nitrogen and oxygen atoms in total. The molecule has 0 radical (unpaired) electrons. The molecule has 0 aromatic heterocycles. The molecule has 0 saturated carbocycles. The molecule has 0 saturated heterocycles. The minimum atomic E-state index is 0.0417. The van der Waals surface area contributed by atoms with E-state index in [0.717, 1.165) is 5.71 Å². The number of rotatable bonds is 0. The Morgan fingerprint density at radius 2 is 2.17 bits per heavy atom. The maximum atomic E-state index is 5.62. The summed E-state index contributed by atoms with van der Waals surface area (Å²) in [6.07, 6.45) is 2.14. The summed E-state index contributed by atoms with van der Waals surface area (Å²) in [5, 5.41) is 1.02. The lowest BCUT2D eigenvalue weighted by atomic mass is 10.1. The van der Waals surface area contributed by atoms with E-state index in [0.29, 0.717) is 10.4 Å². The highest BCUT2D eigenvalue weighted by molar-refractivity contribution is 8.14. The van der Waals surface area contributed by atoms with Crippen molar-refractivity contribution in [2.45, 2.75) is 25.3 Å². The molecule has 4 heteroatoms. The predicted molar refractivity (Wildman–Crippen MR) is 53.7 cm³/mol. The van der Waals surface area contributed by atoms with Crippen molar-refractivity contribution in [2.24, 2.45) is 15.7 Å². The van der Waals surface area contributed by atoms with Gasteiger partial charge in [0.1, 0.15) is 0 Å². The summed E-state index contributed by atoms with van der Waals surface area (Å²) in [5.41, 5.74) is 7.99. The number of thioether (sulfide) groups is 1. The Morgan fingerprint density at radius 1 is 1.42 bits per heavy atom. The average molecular weight is 181 g/mol. The van der Waals surface area contributed by atoms with Crippen molar-refractivity contribution in [3.63, 3.8) is 0 Å². The van der Waals surface area contributed by atoms with Crippen LogP contribution in [0, 0.1) is 0 Å². The van der Waals surface area contributed by atoms with Gasteiger partial charge in [-0.05, 0) is 19.9 Å². The van der Waals surface area contributed by atoms with Gasteiger partial charge in [0.2, 0.25) is 0 Å². The molecule has 0 aliphatic carbocycles. The fourth-order valence-electron chi connectivity index (χ4n) is 1.50. The average Bonchev–Trinajstić information content (AvgIpc) is 2.29. The van der Waals surface area contributed by atoms with Crippen LogP contribution in [-0.2, 0) is 0 Å². The minimum absolute atomic E-state index is 0.0417. The third-order valence-corrected chi connectivity index (χ3v) is 3.22. The molecule has 0 amide bonds. The van der Waals surface area contributed by atoms with Crippen LogP contribution in [0.3, 0.4) is 0 Å². The third-order valence-electron chi connectivity index (χ3n) is 2.00. The molecule has 0 aromatic carbocycles. The van der Waals surface area contributed by atoms with Gasteiger partial charge in [0.25, 0.3) is 0 Å². The van der Waals surface area contributed by atoms with Crippen LogP contribution in [-0.4, -0.2) is 22.3 Å². The van der Waals surface area contributed by atoms with Crippen LogP contribution in [0.1, 0.15) is 13.8 Å². The highest BCUT2D eigenvalue weighted by Gasteiger charge is 2.31. The second-order valence-corrected chi connectivity index (χ2v) is 4.24. The van der Waals surface area contributed by atoms with Crippen LogP contribution >= 0.6 is 11.8 Å². The van der Waals surface area contributed by atoms with Gasteiger partial charge in [-0.1, -0.05) is 17.3 Å². The van der Waals surface area contributed by atoms with Gasteiger partial charge < -0.3 is 5.73 Å². The molecule has 64 valence electrons. The Hall–Kier alpha value is -0.770. The monoisotopic (exact) mass is 181 g/mol. The first-order chi connectivity index (χ1) is 5.66. The first-order valence-electron chi connectivity index (χ1n) is 3.89. The van der Waals surface area contributed by atoms with Gasteiger partial charge in [-0.2, -0.15) is 0 Å². The largest absolute Gasteiger partial charge is 0.378 e. The molecule has 2 atom stereocenters. The van der Waals surface area contributed by atoms with Crippen molar-refractivity contribution in [1.29, 1.82) is 0 Å². The number of hydrogen-bond donors (Lipinski definition) is 1. The molecule has 2 N–H and O–H groups in total. The number of nitrogens with zero attached hydrogens (tertiary/aromatic N) is 2. The van der Waals surface area contributed by atoms with Crippen molar-refractivity contribution < 1.29 is 0 Å². The Kier molecular flexibility index (Phi) is 1.72. The van der Waals surface area contributed by atoms with Crippen LogP contribution in [0.15, 0.2) is 21.6 Å². The summed E-state index contributed by atoms with van der Waals surface area (Å²) in [6, 6.07) is 0. The summed E-state index contributed by atoms with van der Waals surface area (Å²) in [6.45, 7) is 4.10. The first-order valence-corrected chi connectivity index (χ1v) is 4.77. The van der Waals surface area contributed by atoms with Crippen molar-refractivity contribution in [3.8, 4) is 0 Å². The summed E-state index contributed by atoms with van der Waals surface area (Å²) in [7, 11) is 0. The van der Waals surface area contributed by atoms with E-state index in [-0.39, 0.29) is 6.17 Å². The fourth-order valence-corrected chi connectivity index (χ4v) is 2.43. The summed E-state index contributed by atoms with van der Waals surface area (Å²) >= 11 is 1.61. The number of amidine groups is 1. The second kappa shape index (κ2) is 2.62. The standard InChI is InChI=1S/C8H11N3S/c1-4-3-5(2)10-7-6(4)12-8(9)11-7/h3,6-7H,1-2H3,(H2,9,11). The maximum Gasteiger partial charge on any atom is 0.158 e. The summed E-state index contributed by atoms with van der Waals surface area (Å²) in [5.74, 6) is 0. The topological polar surface area (TPSA) is 50.7 Å². The summed E-state index contributed by atoms with van der Waals surface area (Å²) < 4.78 is 0. The Labute approximate surface area is 75.8 Å². The molecule has 2 heterocycles. The number of nitrogens with two attached hydrogens (primary N) is 1. The molecule has 0 spiro atoms. The number of allylic oxidation sites excluding steroid dienone is 1. The van der Waals surface area contributed by atoms with E-state index >= 15 is 0 Å². The summed E-state index contributed by atoms with van der Waals surface area (Å²) in [4.78, 5) is 8.64. The van der Waals surface area contributed by atoms with Crippen molar-refractivity contribution >= 4 is 22.6 Å². The van der Waals surface area contributed by atoms with Gasteiger partial charge in [-0.15, -0.1) is 0 Å². The molecule has 2 rings (SSSR count). The highest BCUT2D eigenvalue weighted by atomic mass is 32.2. The lowest BCUT2D eigenvalue weighted by Gasteiger charge is -2.18. The Morgan fingerprint density at radius 3 is 2.92 bits per heavy atom. The Balaban J connectivity index is 2.33. The third kappa shape index (κ3) is 1.16. The van der Waals surface area contributed by atoms with Crippen LogP contribution in [0.2, 0.25) is 0 Å². The maximum absolute atomic E-state index is 5.62. The van der Waals surface area contributed by atoms with Gasteiger partial charge in [-0.3, -0.25) is 4.99 Å². The molecular weight excluding hydrogens is 170 g/mol. The van der Waals surface area contributed by atoms with E-state index < -0.39 is 0 Å². The van der Waals surface area contributed by atoms with Gasteiger partial charge in [0, 0.05) is 5.71 Å². The van der Waals surface area contributed by atoms with Gasteiger partial charge in [0.05, 0.1) is 5.25 Å². The zero-order valence-electron chi connectivity index (χ0n) is 7.11. The van der Waals surface area contributed by atoms with Crippen molar-refractivity contribution in [3.05, 3.63) is 11.6 Å². The number of fused-ring (bicyclic) bond motifs is 1. The second-order valence-electron chi connectivity index (χ2n) is 3.08. The zero-order chi connectivity index (χ0) is 8.72. The number of hydrogen-bond acceptors (Lipinski definition) is 4. The SMILES string of the molecule is CC1=CC(C)=NC2N=C(N)SC12. The molecular formula is C8H11N3S. The lowest BCUT2D eigenvalue weighted by Crippen LogP contribution is -2.22. The predicted octanol–water partition coefficient (Wildman–Crippen LogP) is 1.16. The van der Waals surface area contributed by atoms with E-state index in [9.17, 15) is 0 Å². The van der Waals surface area contributed by atoms with Crippen LogP contribution in [0.25, 0.3) is 0 Å². The minimum Gasteiger partial charge on any atom is -0.378 e. The molecule has 12 heavy (non-hydrogen) atoms. The number of aliphatic imine (C=N–C) groups is 2. The quantitative estimate of drug-likeness (QED) is 0.609. The molecule has 0 aromatic rings. The molecule has 0 fully saturated rings. The number of dihydropyridines is 1. The molecule has 0 bridgehead atoms. The van der Waals surface area contributed by atoms with Gasteiger partial charge in [-0.25, -0.2) is 4.99 Å². The van der Waals surface area contributed by atoms with E-state index in [1.165, 1.54) is 5.57 Å². The normalized spacial score (nSPS) is 33.7. The highest BCUT2D eigenvalue weighted by Crippen LogP contribution is 2.33. The van der Waals surface area contributed by atoms with E-state index in [1.807, 2.05) is 6.92 Å². The fraction of sp³-hybridized carbons (Fsp3) is 0.500. The van der Waals surface area contributed by atoms with Gasteiger partial charge in [0.15, 0.2) is 11.3 Å². The van der Waals surface area contributed by atoms with Crippen molar-refractivity contribution in [1.82, 2.24) is 0 Å². The molecule has 2 aliphatic heterocycles. The van der Waals surface area contributed by atoms with E-state index in [1.54, 1.807) is 11.8 Å². The van der Waals surface area contributed by atoms with E-state index in [2.05, 4.69) is 23.0 Å². The smallest absolute Gasteiger partial charge is 0.158 e. The lowest BCUT2D eigenvalue weighted by molar-refractivity contribution is 0.722. The van der Waals surface area contributed by atoms with Gasteiger partial charge >= 0.3 is 0 Å².